The van der Waals surface area contributed by atoms with Gasteiger partial charge in [0.05, 0.1) is 0 Å². The van der Waals surface area contributed by atoms with Crippen LogP contribution in [0.1, 0.15) is 11.1 Å². The van der Waals surface area contributed by atoms with Gasteiger partial charge < -0.3 is 10.6 Å². The summed E-state index contributed by atoms with van der Waals surface area (Å²) < 4.78 is 0. The fraction of sp³-hybridized carbons (Fsp3) is 0.333. The van der Waals surface area contributed by atoms with Crippen LogP contribution < -0.4 is 10.6 Å². The fourth-order valence-electron chi connectivity index (χ4n) is 1.38. The van der Waals surface area contributed by atoms with E-state index < -0.39 is 0 Å². The van der Waals surface area contributed by atoms with Gasteiger partial charge in [0.25, 0.3) is 0 Å². The van der Waals surface area contributed by atoms with Gasteiger partial charge in [0, 0.05) is 13.1 Å². The molecule has 0 atom stereocenters. The molecule has 14 heavy (non-hydrogen) atoms. The SMILES string of the molecule is C=C(CNC)c1ccc(CNC)cc1. The molecule has 1 aromatic rings. The summed E-state index contributed by atoms with van der Waals surface area (Å²) in [5, 5.41) is 6.22. The van der Waals surface area contributed by atoms with Crippen LogP contribution in [0.5, 0.6) is 0 Å². The third-order valence-corrected chi connectivity index (χ3v) is 2.13. The molecular formula is C12H18N2. The van der Waals surface area contributed by atoms with Crippen molar-refractivity contribution in [2.75, 3.05) is 20.6 Å². The minimum Gasteiger partial charge on any atom is -0.316 e. The zero-order valence-electron chi connectivity index (χ0n) is 8.93. The molecule has 0 aromatic heterocycles. The molecule has 0 saturated carbocycles. The Hall–Kier alpha value is -1.12. The van der Waals surface area contributed by atoms with Crippen molar-refractivity contribution >= 4 is 5.57 Å². The lowest BCUT2D eigenvalue weighted by molar-refractivity contribution is 0.818. The topological polar surface area (TPSA) is 24.1 Å². The molecule has 0 fully saturated rings. The summed E-state index contributed by atoms with van der Waals surface area (Å²) in [6.07, 6.45) is 0. The Bertz CT molecular complexity index is 288. The van der Waals surface area contributed by atoms with Gasteiger partial charge >= 0.3 is 0 Å². The van der Waals surface area contributed by atoms with Crippen LogP contribution in [0.25, 0.3) is 5.57 Å². The van der Waals surface area contributed by atoms with Crippen molar-refractivity contribution in [1.29, 1.82) is 0 Å². The Morgan fingerprint density at radius 3 is 2.29 bits per heavy atom. The van der Waals surface area contributed by atoms with Crippen molar-refractivity contribution < 1.29 is 0 Å². The number of likely N-dealkylation sites (N-methyl/N-ethyl adjacent to an activating group) is 1. The van der Waals surface area contributed by atoms with Crippen molar-refractivity contribution in [3.8, 4) is 0 Å². The Labute approximate surface area is 86.0 Å². The molecule has 0 bridgehead atoms. The van der Waals surface area contributed by atoms with E-state index in [-0.39, 0.29) is 0 Å². The number of benzene rings is 1. The number of hydrogen-bond donors (Lipinski definition) is 2. The van der Waals surface area contributed by atoms with E-state index in [1.165, 1.54) is 11.1 Å². The first-order chi connectivity index (χ1) is 6.77. The van der Waals surface area contributed by atoms with Gasteiger partial charge in [-0.15, -0.1) is 0 Å². The number of rotatable bonds is 5. The molecular weight excluding hydrogens is 172 g/mol. The van der Waals surface area contributed by atoms with Crippen molar-refractivity contribution in [3.05, 3.63) is 42.0 Å². The highest BCUT2D eigenvalue weighted by atomic mass is 14.8. The Morgan fingerprint density at radius 1 is 1.14 bits per heavy atom. The van der Waals surface area contributed by atoms with E-state index in [4.69, 9.17) is 0 Å². The summed E-state index contributed by atoms with van der Waals surface area (Å²) in [5.41, 5.74) is 3.64. The molecule has 0 heterocycles. The van der Waals surface area contributed by atoms with Gasteiger partial charge in [-0.1, -0.05) is 30.8 Å². The quantitative estimate of drug-likeness (QED) is 0.737. The fourth-order valence-corrected chi connectivity index (χ4v) is 1.38. The van der Waals surface area contributed by atoms with Crippen LogP contribution >= 0.6 is 0 Å². The van der Waals surface area contributed by atoms with Crippen molar-refractivity contribution in [3.63, 3.8) is 0 Å². The lowest BCUT2D eigenvalue weighted by Crippen LogP contribution is -2.09. The molecule has 0 saturated heterocycles. The number of nitrogens with one attached hydrogen (secondary N) is 2. The first-order valence-electron chi connectivity index (χ1n) is 4.84. The molecule has 0 aliphatic heterocycles. The molecule has 0 unspecified atom stereocenters. The maximum absolute atomic E-state index is 4.01. The molecule has 0 aliphatic carbocycles. The van der Waals surface area contributed by atoms with Crippen LogP contribution in [-0.4, -0.2) is 20.6 Å². The monoisotopic (exact) mass is 190 g/mol. The first kappa shape index (κ1) is 11.0. The summed E-state index contributed by atoms with van der Waals surface area (Å²) in [6, 6.07) is 8.50. The standard InChI is InChI=1S/C12H18N2/c1-10(8-13-2)12-6-4-11(5-7-12)9-14-3/h4-7,13-14H,1,8-9H2,2-3H3. The molecule has 0 amide bonds. The molecule has 2 nitrogen and oxygen atoms in total. The molecule has 1 aromatic carbocycles. The van der Waals surface area contributed by atoms with Crippen molar-refractivity contribution in [2.45, 2.75) is 6.54 Å². The third kappa shape index (κ3) is 2.98. The minimum atomic E-state index is 0.839. The second kappa shape index (κ2) is 5.58. The van der Waals surface area contributed by atoms with Gasteiger partial charge in [0.15, 0.2) is 0 Å². The average molecular weight is 190 g/mol. The van der Waals surface area contributed by atoms with Gasteiger partial charge in [-0.05, 0) is 30.8 Å². The lowest BCUT2D eigenvalue weighted by atomic mass is 10.1. The lowest BCUT2D eigenvalue weighted by Gasteiger charge is -2.06. The van der Waals surface area contributed by atoms with Gasteiger partial charge in [-0.2, -0.15) is 0 Å². The van der Waals surface area contributed by atoms with Gasteiger partial charge in [-0.3, -0.25) is 0 Å². The zero-order valence-corrected chi connectivity index (χ0v) is 8.93. The van der Waals surface area contributed by atoms with Crippen LogP contribution in [0.3, 0.4) is 0 Å². The van der Waals surface area contributed by atoms with E-state index in [1.807, 2.05) is 14.1 Å². The van der Waals surface area contributed by atoms with Crippen molar-refractivity contribution in [2.24, 2.45) is 0 Å². The summed E-state index contributed by atoms with van der Waals surface area (Å²) in [6.45, 7) is 5.77. The molecule has 1 rings (SSSR count). The highest BCUT2D eigenvalue weighted by Gasteiger charge is 1.97. The number of hydrogen-bond acceptors (Lipinski definition) is 2. The molecule has 0 spiro atoms. The summed E-state index contributed by atoms with van der Waals surface area (Å²) in [7, 11) is 3.88. The van der Waals surface area contributed by atoms with Gasteiger partial charge in [0.2, 0.25) is 0 Å². The maximum atomic E-state index is 4.01. The molecule has 2 heteroatoms. The second-order valence-corrected chi connectivity index (χ2v) is 3.36. The van der Waals surface area contributed by atoms with Crippen LogP contribution in [-0.2, 0) is 6.54 Å². The Balaban J connectivity index is 2.67. The highest BCUT2D eigenvalue weighted by Crippen LogP contribution is 2.12. The highest BCUT2D eigenvalue weighted by molar-refractivity contribution is 5.64. The normalized spacial score (nSPS) is 10.1. The van der Waals surface area contributed by atoms with E-state index in [0.717, 1.165) is 18.7 Å². The van der Waals surface area contributed by atoms with Crippen LogP contribution in [0.15, 0.2) is 30.8 Å². The molecule has 0 aliphatic rings. The van der Waals surface area contributed by atoms with Gasteiger partial charge in [0.1, 0.15) is 0 Å². The average Bonchev–Trinajstić information content (AvgIpc) is 2.20. The van der Waals surface area contributed by atoms with E-state index >= 15 is 0 Å². The van der Waals surface area contributed by atoms with E-state index in [1.54, 1.807) is 0 Å². The summed E-state index contributed by atoms with van der Waals surface area (Å²) in [5.74, 6) is 0. The van der Waals surface area contributed by atoms with Crippen LogP contribution in [0.2, 0.25) is 0 Å². The molecule has 0 radical (unpaired) electrons. The van der Waals surface area contributed by atoms with E-state index in [9.17, 15) is 0 Å². The summed E-state index contributed by atoms with van der Waals surface area (Å²) in [4.78, 5) is 0. The Kier molecular flexibility index (Phi) is 4.36. The minimum absolute atomic E-state index is 0.839. The zero-order chi connectivity index (χ0) is 10.4. The third-order valence-electron chi connectivity index (χ3n) is 2.13. The molecule has 2 N–H and O–H groups in total. The van der Waals surface area contributed by atoms with Gasteiger partial charge in [-0.25, -0.2) is 0 Å². The van der Waals surface area contributed by atoms with Crippen LogP contribution in [0.4, 0.5) is 0 Å². The Morgan fingerprint density at radius 2 is 1.79 bits per heavy atom. The smallest absolute Gasteiger partial charge is 0.0202 e. The summed E-state index contributed by atoms with van der Waals surface area (Å²) >= 11 is 0. The first-order valence-corrected chi connectivity index (χ1v) is 4.84. The van der Waals surface area contributed by atoms with Crippen LogP contribution in [0, 0.1) is 0 Å². The maximum Gasteiger partial charge on any atom is 0.0202 e. The van der Waals surface area contributed by atoms with Crippen molar-refractivity contribution in [1.82, 2.24) is 10.6 Å². The predicted octanol–water partition coefficient (Wildman–Crippen LogP) is 1.64. The predicted molar refractivity (Wildman–Crippen MR) is 62.2 cm³/mol. The second-order valence-electron chi connectivity index (χ2n) is 3.36. The van der Waals surface area contributed by atoms with E-state index in [2.05, 4.69) is 41.5 Å². The van der Waals surface area contributed by atoms with E-state index in [0.29, 0.717) is 0 Å². The largest absolute Gasteiger partial charge is 0.316 e. The molecule has 76 valence electrons.